The number of hydrogen-bond acceptors (Lipinski definition) is 2. The summed E-state index contributed by atoms with van der Waals surface area (Å²) in [6.45, 7) is 2.63. The summed E-state index contributed by atoms with van der Waals surface area (Å²) in [6, 6.07) is 21.3. The molecule has 0 atom stereocenters. The van der Waals surface area contributed by atoms with E-state index in [0.717, 1.165) is 16.6 Å². The van der Waals surface area contributed by atoms with E-state index in [1.807, 2.05) is 60.0 Å². The number of rotatable bonds is 5. The van der Waals surface area contributed by atoms with Gasteiger partial charge in [0.2, 0.25) is 0 Å². The second kappa shape index (κ2) is 7.24. The minimum absolute atomic E-state index is 0.233. The topological polar surface area (TPSA) is 39.1 Å². The maximum Gasteiger partial charge on any atom is 0.184 e. The largest absolute Gasteiger partial charge is 0.342 e. The van der Waals surface area contributed by atoms with E-state index >= 15 is 0 Å². The van der Waals surface area contributed by atoms with Crippen molar-refractivity contribution in [3.63, 3.8) is 0 Å². The Labute approximate surface area is 164 Å². The van der Waals surface area contributed by atoms with E-state index in [2.05, 4.69) is 0 Å². The normalized spacial score (nSPS) is 11.8. The van der Waals surface area contributed by atoms with E-state index < -0.39 is 15.7 Å². The van der Waals surface area contributed by atoms with Gasteiger partial charge in [-0.05, 0) is 41.8 Å². The molecular formula is C23H20FNO2S. The molecule has 4 aromatic rings. The van der Waals surface area contributed by atoms with Gasteiger partial charge in [0.15, 0.2) is 9.84 Å². The Kier molecular flexibility index (Phi) is 4.77. The summed E-state index contributed by atoms with van der Waals surface area (Å²) in [7, 11) is -3.63. The van der Waals surface area contributed by atoms with E-state index in [-0.39, 0.29) is 10.6 Å². The Morgan fingerprint density at radius 2 is 1.68 bits per heavy atom. The number of benzene rings is 3. The van der Waals surface area contributed by atoms with Gasteiger partial charge in [-0.1, -0.05) is 54.6 Å². The fraction of sp³-hybridized carbons (Fsp3) is 0.130. The molecule has 0 radical (unpaired) electrons. The van der Waals surface area contributed by atoms with Gasteiger partial charge in [0.05, 0.1) is 10.6 Å². The van der Waals surface area contributed by atoms with Crippen molar-refractivity contribution in [3.05, 3.63) is 102 Å². The standard InChI is InChI=1S/C23H20FNO2S/c1-17-7-2-3-9-19(17)14-25-15-23(21-11-4-5-12-22(21)25)28(26,27)16-18-8-6-10-20(24)13-18/h2-13,15H,14,16H2,1H3. The third-order valence-corrected chi connectivity index (χ3v) is 6.64. The predicted molar refractivity (Wildman–Crippen MR) is 110 cm³/mol. The summed E-state index contributed by atoms with van der Waals surface area (Å²) in [5, 5.41) is 0.687. The van der Waals surface area contributed by atoms with Gasteiger partial charge in [0.25, 0.3) is 0 Å². The second-order valence-corrected chi connectivity index (χ2v) is 8.91. The van der Waals surface area contributed by atoms with Gasteiger partial charge in [0.1, 0.15) is 5.82 Å². The molecule has 5 heteroatoms. The Morgan fingerprint density at radius 3 is 2.46 bits per heavy atom. The number of halogens is 1. The summed E-state index contributed by atoms with van der Waals surface area (Å²) in [5.74, 6) is -0.668. The van der Waals surface area contributed by atoms with Gasteiger partial charge >= 0.3 is 0 Å². The van der Waals surface area contributed by atoms with Crippen LogP contribution in [0.3, 0.4) is 0 Å². The highest BCUT2D eigenvalue weighted by Crippen LogP contribution is 2.29. The summed E-state index contributed by atoms with van der Waals surface area (Å²) in [6.07, 6.45) is 1.70. The van der Waals surface area contributed by atoms with Crippen LogP contribution in [0.4, 0.5) is 4.39 Å². The number of hydrogen-bond donors (Lipinski definition) is 0. The lowest BCUT2D eigenvalue weighted by atomic mass is 10.1. The van der Waals surface area contributed by atoms with E-state index in [1.54, 1.807) is 12.3 Å². The van der Waals surface area contributed by atoms with Gasteiger partial charge in [-0.25, -0.2) is 12.8 Å². The molecule has 142 valence electrons. The van der Waals surface area contributed by atoms with Crippen LogP contribution in [0.5, 0.6) is 0 Å². The molecule has 0 spiro atoms. The molecule has 3 nitrogen and oxygen atoms in total. The van der Waals surface area contributed by atoms with Crippen molar-refractivity contribution in [1.29, 1.82) is 0 Å². The third-order valence-electron chi connectivity index (χ3n) is 4.93. The van der Waals surface area contributed by atoms with Crippen LogP contribution in [0.2, 0.25) is 0 Å². The highest BCUT2D eigenvalue weighted by atomic mass is 32.2. The van der Waals surface area contributed by atoms with Crippen molar-refractivity contribution in [3.8, 4) is 0 Å². The molecule has 0 unspecified atom stereocenters. The summed E-state index contributed by atoms with van der Waals surface area (Å²) >= 11 is 0. The van der Waals surface area contributed by atoms with Crippen molar-refractivity contribution in [2.24, 2.45) is 0 Å². The monoisotopic (exact) mass is 393 g/mol. The summed E-state index contributed by atoms with van der Waals surface area (Å²) < 4.78 is 41.7. The molecule has 0 aliphatic heterocycles. The second-order valence-electron chi connectivity index (χ2n) is 6.95. The van der Waals surface area contributed by atoms with E-state index in [0.29, 0.717) is 17.5 Å². The van der Waals surface area contributed by atoms with Crippen molar-refractivity contribution in [1.82, 2.24) is 4.57 Å². The molecule has 0 saturated carbocycles. The van der Waals surface area contributed by atoms with E-state index in [1.165, 1.54) is 18.2 Å². The Hall–Kier alpha value is -2.92. The number of para-hydroxylation sites is 1. The van der Waals surface area contributed by atoms with Gasteiger partial charge in [-0.15, -0.1) is 0 Å². The van der Waals surface area contributed by atoms with Crippen LogP contribution in [-0.2, 0) is 22.1 Å². The average Bonchev–Trinajstić information content (AvgIpc) is 3.03. The van der Waals surface area contributed by atoms with Gasteiger partial charge in [-0.2, -0.15) is 0 Å². The molecule has 28 heavy (non-hydrogen) atoms. The molecule has 1 aromatic heterocycles. The van der Waals surface area contributed by atoms with Crippen molar-refractivity contribution in [2.75, 3.05) is 0 Å². The van der Waals surface area contributed by atoms with Gasteiger partial charge < -0.3 is 4.57 Å². The molecule has 4 rings (SSSR count). The van der Waals surface area contributed by atoms with E-state index in [9.17, 15) is 12.8 Å². The molecule has 0 fully saturated rings. The van der Waals surface area contributed by atoms with Gasteiger partial charge in [0, 0.05) is 23.6 Å². The van der Waals surface area contributed by atoms with Crippen LogP contribution in [0.15, 0.2) is 83.9 Å². The zero-order valence-electron chi connectivity index (χ0n) is 15.5. The maximum atomic E-state index is 13.5. The highest BCUT2D eigenvalue weighted by Gasteiger charge is 2.22. The van der Waals surface area contributed by atoms with Crippen molar-refractivity contribution < 1.29 is 12.8 Å². The van der Waals surface area contributed by atoms with Crippen LogP contribution in [0.1, 0.15) is 16.7 Å². The van der Waals surface area contributed by atoms with Gasteiger partial charge in [-0.3, -0.25) is 0 Å². The Bertz CT molecular complexity index is 1260. The zero-order chi connectivity index (χ0) is 19.7. The Balaban J connectivity index is 1.78. The number of aryl methyl sites for hydroxylation is 1. The number of nitrogens with zero attached hydrogens (tertiary/aromatic N) is 1. The first-order valence-corrected chi connectivity index (χ1v) is 10.7. The molecule has 0 amide bonds. The van der Waals surface area contributed by atoms with E-state index in [4.69, 9.17) is 0 Å². The highest BCUT2D eigenvalue weighted by molar-refractivity contribution is 7.90. The molecular weight excluding hydrogens is 373 g/mol. The minimum Gasteiger partial charge on any atom is -0.342 e. The molecule has 0 N–H and O–H groups in total. The number of fused-ring (bicyclic) bond motifs is 1. The third kappa shape index (κ3) is 3.58. The Morgan fingerprint density at radius 1 is 0.929 bits per heavy atom. The first kappa shape index (κ1) is 18.4. The predicted octanol–water partition coefficient (Wildman–Crippen LogP) is 5.11. The number of sulfone groups is 1. The molecule has 1 heterocycles. The van der Waals surface area contributed by atoms with Crippen LogP contribution in [0.25, 0.3) is 10.9 Å². The smallest absolute Gasteiger partial charge is 0.184 e. The SMILES string of the molecule is Cc1ccccc1Cn1cc(S(=O)(=O)Cc2cccc(F)c2)c2ccccc21. The van der Waals surface area contributed by atoms with Crippen LogP contribution >= 0.6 is 0 Å². The molecule has 0 aliphatic carbocycles. The van der Waals surface area contributed by atoms with Crippen LogP contribution in [-0.4, -0.2) is 13.0 Å². The van der Waals surface area contributed by atoms with Crippen LogP contribution in [0, 0.1) is 12.7 Å². The molecule has 0 bridgehead atoms. The first-order valence-electron chi connectivity index (χ1n) is 9.03. The molecule has 0 saturated heterocycles. The lowest BCUT2D eigenvalue weighted by molar-refractivity contribution is 0.595. The number of aromatic nitrogens is 1. The quantitative estimate of drug-likeness (QED) is 0.473. The zero-order valence-corrected chi connectivity index (χ0v) is 16.3. The summed E-state index contributed by atoms with van der Waals surface area (Å²) in [4.78, 5) is 0.279. The average molecular weight is 393 g/mol. The van der Waals surface area contributed by atoms with Crippen molar-refractivity contribution in [2.45, 2.75) is 24.1 Å². The fourth-order valence-corrected chi connectivity index (χ4v) is 5.06. The lowest BCUT2D eigenvalue weighted by Crippen LogP contribution is -2.05. The maximum absolute atomic E-state index is 13.5. The lowest BCUT2D eigenvalue weighted by Gasteiger charge is -2.08. The fourth-order valence-electron chi connectivity index (χ4n) is 3.49. The minimum atomic E-state index is -3.63. The molecule has 0 aliphatic rings. The van der Waals surface area contributed by atoms with Crippen molar-refractivity contribution >= 4 is 20.7 Å². The first-order chi connectivity index (χ1) is 13.4. The van der Waals surface area contributed by atoms with Crippen LogP contribution < -0.4 is 0 Å². The summed E-state index contributed by atoms with van der Waals surface area (Å²) in [5.41, 5.74) is 3.60. The molecule has 3 aromatic carbocycles.